The highest BCUT2D eigenvalue weighted by atomic mass is 15.0. The Morgan fingerprint density at radius 2 is 1.90 bits per heavy atom. The molecule has 4 atom stereocenters. The van der Waals surface area contributed by atoms with Gasteiger partial charge in [0.25, 0.3) is 0 Å². The molecule has 1 aromatic carbocycles. The van der Waals surface area contributed by atoms with E-state index in [9.17, 15) is 0 Å². The molecular formula is C19H29N. The van der Waals surface area contributed by atoms with Gasteiger partial charge in [0, 0.05) is 12.1 Å². The maximum absolute atomic E-state index is 3.96. The van der Waals surface area contributed by atoms with Crippen LogP contribution in [0.4, 0.5) is 0 Å². The van der Waals surface area contributed by atoms with Crippen LogP contribution in [0.25, 0.3) is 0 Å². The molecule has 1 N–H and O–H groups in total. The van der Waals surface area contributed by atoms with Crippen molar-refractivity contribution in [1.29, 1.82) is 0 Å². The largest absolute Gasteiger partial charge is 0.307 e. The van der Waals surface area contributed by atoms with E-state index in [1.54, 1.807) is 0 Å². The molecule has 1 nitrogen and oxygen atoms in total. The van der Waals surface area contributed by atoms with Gasteiger partial charge in [0.05, 0.1) is 0 Å². The fraction of sp³-hybridized carbons (Fsp3) is 0.684. The molecule has 2 bridgehead atoms. The number of aryl methyl sites for hydroxylation is 1. The molecule has 3 rings (SSSR count). The van der Waals surface area contributed by atoms with Gasteiger partial charge in [0.1, 0.15) is 0 Å². The third-order valence-corrected chi connectivity index (χ3v) is 6.90. The molecule has 20 heavy (non-hydrogen) atoms. The van der Waals surface area contributed by atoms with Gasteiger partial charge in [-0.3, -0.25) is 0 Å². The maximum Gasteiger partial charge on any atom is 0.0297 e. The van der Waals surface area contributed by atoms with Crippen molar-refractivity contribution in [3.05, 3.63) is 35.4 Å². The summed E-state index contributed by atoms with van der Waals surface area (Å²) < 4.78 is 0. The Kier molecular flexibility index (Phi) is 3.25. The van der Waals surface area contributed by atoms with Crippen molar-refractivity contribution < 1.29 is 0 Å². The average Bonchev–Trinajstić information content (AvgIpc) is 2.72. The normalized spacial score (nSPS) is 36.2. The van der Waals surface area contributed by atoms with E-state index in [1.165, 1.54) is 30.4 Å². The van der Waals surface area contributed by atoms with Crippen molar-refractivity contribution in [1.82, 2.24) is 5.32 Å². The molecule has 0 amide bonds. The molecular weight excluding hydrogens is 242 g/mol. The number of benzene rings is 1. The Hall–Kier alpha value is -0.820. The topological polar surface area (TPSA) is 12.0 Å². The van der Waals surface area contributed by atoms with Gasteiger partial charge in [-0.05, 0) is 61.0 Å². The highest BCUT2D eigenvalue weighted by Gasteiger charge is 2.61. The molecule has 0 radical (unpaired) electrons. The molecule has 0 spiro atoms. The molecule has 0 aromatic heterocycles. The molecule has 0 saturated heterocycles. The van der Waals surface area contributed by atoms with Gasteiger partial charge < -0.3 is 5.32 Å². The highest BCUT2D eigenvalue weighted by Crippen LogP contribution is 2.65. The zero-order chi connectivity index (χ0) is 14.5. The van der Waals surface area contributed by atoms with Crippen LogP contribution in [0.15, 0.2) is 24.3 Å². The minimum absolute atomic E-state index is 0.452. The minimum Gasteiger partial charge on any atom is -0.307 e. The number of nitrogens with one attached hydrogen (secondary N) is 1. The van der Waals surface area contributed by atoms with Crippen LogP contribution >= 0.6 is 0 Å². The fourth-order valence-electron chi connectivity index (χ4n) is 4.92. The standard InChI is InChI=1S/C19H29N/c1-13-8-6-7-9-16(13)14(2)20-17-12-15-10-11-19(17,5)18(15,3)4/h6-9,14-15,17,20H,10-12H2,1-5H3. The number of rotatable bonds is 3. The van der Waals surface area contributed by atoms with Gasteiger partial charge in [0.15, 0.2) is 0 Å². The summed E-state index contributed by atoms with van der Waals surface area (Å²) in [5.41, 5.74) is 3.82. The number of hydrogen-bond donors (Lipinski definition) is 1. The van der Waals surface area contributed by atoms with Gasteiger partial charge in [-0.25, -0.2) is 0 Å². The van der Waals surface area contributed by atoms with E-state index >= 15 is 0 Å². The molecule has 0 aliphatic heterocycles. The zero-order valence-electron chi connectivity index (χ0n) is 13.7. The van der Waals surface area contributed by atoms with Crippen molar-refractivity contribution in [3.8, 4) is 0 Å². The van der Waals surface area contributed by atoms with Crippen molar-refractivity contribution >= 4 is 0 Å². The summed E-state index contributed by atoms with van der Waals surface area (Å²) in [5.74, 6) is 0.911. The second-order valence-electron chi connectivity index (χ2n) is 7.91. The monoisotopic (exact) mass is 271 g/mol. The summed E-state index contributed by atoms with van der Waals surface area (Å²) in [6, 6.07) is 9.91. The van der Waals surface area contributed by atoms with E-state index in [0.29, 0.717) is 22.9 Å². The summed E-state index contributed by atoms with van der Waals surface area (Å²) in [6.07, 6.45) is 4.18. The predicted octanol–water partition coefficient (Wildman–Crippen LogP) is 4.86. The molecule has 110 valence electrons. The summed E-state index contributed by atoms with van der Waals surface area (Å²) >= 11 is 0. The first-order valence-corrected chi connectivity index (χ1v) is 8.18. The third-order valence-electron chi connectivity index (χ3n) is 6.90. The SMILES string of the molecule is Cc1ccccc1C(C)NC1CC2CCC1(C)C2(C)C. The Morgan fingerprint density at radius 1 is 1.20 bits per heavy atom. The lowest BCUT2D eigenvalue weighted by molar-refractivity contribution is 0.116. The van der Waals surface area contributed by atoms with Gasteiger partial charge >= 0.3 is 0 Å². The second kappa shape index (κ2) is 4.59. The van der Waals surface area contributed by atoms with Gasteiger partial charge in [-0.2, -0.15) is 0 Å². The first kappa shape index (κ1) is 14.1. The molecule has 2 aliphatic carbocycles. The molecule has 0 heterocycles. The van der Waals surface area contributed by atoms with Crippen LogP contribution in [0, 0.1) is 23.7 Å². The van der Waals surface area contributed by atoms with Crippen molar-refractivity contribution in [3.63, 3.8) is 0 Å². The molecule has 1 heteroatoms. The Bertz CT molecular complexity index is 504. The Morgan fingerprint density at radius 3 is 2.45 bits per heavy atom. The highest BCUT2D eigenvalue weighted by molar-refractivity contribution is 5.28. The molecule has 4 unspecified atom stereocenters. The van der Waals surface area contributed by atoms with E-state index in [4.69, 9.17) is 0 Å². The van der Waals surface area contributed by atoms with Crippen LogP contribution in [0.5, 0.6) is 0 Å². The molecule has 1 aromatic rings. The van der Waals surface area contributed by atoms with E-state index in [2.05, 4.69) is 64.2 Å². The van der Waals surface area contributed by atoms with Crippen LogP contribution in [-0.2, 0) is 0 Å². The lowest BCUT2D eigenvalue weighted by atomic mass is 9.69. The Balaban J connectivity index is 1.79. The van der Waals surface area contributed by atoms with Crippen molar-refractivity contribution in [2.24, 2.45) is 16.7 Å². The van der Waals surface area contributed by atoms with E-state index in [-0.39, 0.29) is 0 Å². The summed E-state index contributed by atoms with van der Waals surface area (Å²) in [4.78, 5) is 0. The fourth-order valence-corrected chi connectivity index (χ4v) is 4.92. The molecule has 2 aliphatic rings. The summed E-state index contributed by atoms with van der Waals surface area (Å²) in [7, 11) is 0. The van der Waals surface area contributed by atoms with Gasteiger partial charge in [-0.1, -0.05) is 45.0 Å². The minimum atomic E-state index is 0.452. The maximum atomic E-state index is 3.96. The van der Waals surface area contributed by atoms with Crippen LogP contribution in [-0.4, -0.2) is 6.04 Å². The molecule has 2 saturated carbocycles. The van der Waals surface area contributed by atoms with Crippen molar-refractivity contribution in [2.45, 2.75) is 66.0 Å². The van der Waals surface area contributed by atoms with E-state index < -0.39 is 0 Å². The Labute approximate surface area is 124 Å². The van der Waals surface area contributed by atoms with Crippen LogP contribution in [0.1, 0.15) is 64.1 Å². The average molecular weight is 271 g/mol. The van der Waals surface area contributed by atoms with Crippen LogP contribution in [0.2, 0.25) is 0 Å². The van der Waals surface area contributed by atoms with Crippen LogP contribution < -0.4 is 5.32 Å². The van der Waals surface area contributed by atoms with E-state index in [0.717, 1.165) is 5.92 Å². The first-order valence-electron chi connectivity index (χ1n) is 8.18. The van der Waals surface area contributed by atoms with E-state index in [1.807, 2.05) is 0 Å². The third kappa shape index (κ3) is 1.86. The lowest BCUT2D eigenvalue weighted by Gasteiger charge is -2.41. The zero-order valence-corrected chi connectivity index (χ0v) is 13.7. The second-order valence-corrected chi connectivity index (χ2v) is 7.91. The smallest absolute Gasteiger partial charge is 0.0297 e. The lowest BCUT2D eigenvalue weighted by Crippen LogP contribution is -2.45. The van der Waals surface area contributed by atoms with Crippen molar-refractivity contribution in [2.75, 3.05) is 0 Å². The number of hydrogen-bond acceptors (Lipinski definition) is 1. The first-order chi connectivity index (χ1) is 9.36. The van der Waals surface area contributed by atoms with Gasteiger partial charge in [0.2, 0.25) is 0 Å². The summed E-state index contributed by atoms with van der Waals surface area (Å²) in [5, 5.41) is 3.96. The number of fused-ring (bicyclic) bond motifs is 2. The predicted molar refractivity (Wildman–Crippen MR) is 85.7 cm³/mol. The van der Waals surface area contributed by atoms with Crippen LogP contribution in [0.3, 0.4) is 0 Å². The summed E-state index contributed by atoms with van der Waals surface area (Å²) in [6.45, 7) is 12.0. The quantitative estimate of drug-likeness (QED) is 0.827. The molecule has 2 fully saturated rings. The van der Waals surface area contributed by atoms with Gasteiger partial charge in [-0.15, -0.1) is 0 Å².